The molecule has 0 N–H and O–H groups in total. The Bertz CT molecular complexity index is 4090. The van der Waals surface area contributed by atoms with Crippen LogP contribution in [0.1, 0.15) is 98.2 Å². The number of pyridine rings is 1. The fourth-order valence-electron chi connectivity index (χ4n) is 8.62. The van der Waals surface area contributed by atoms with Crippen LogP contribution in [0.4, 0.5) is 0 Å². The summed E-state index contributed by atoms with van der Waals surface area (Å²) in [4.78, 5) is 4.87. The number of fused-ring (bicyclic) bond motifs is 4. The lowest BCUT2D eigenvalue weighted by molar-refractivity contribution is -0.571. The SMILES string of the molecule is [2H]c1c([2H])c([2H])c(-c2cccc(-c3c([2H])c([2H])c([2H])c([2H])c3[2H])c2-[n+]2[c-]n(-c3cc(Oc4ccc5c6cc(C([2H])([2H])C(C)(C)C)ccc6n(-c6cc(C(C)(C)C)ccn6)c5c4)cc(C([2H])([2H])C(C)(C)C)c3)c3ccccc32)c([2H])c1[2H]. The molecule has 0 unspecified atom stereocenters. The Labute approximate surface area is 415 Å². The Balaban J connectivity index is 1.23. The zero-order valence-electron chi connectivity index (χ0n) is 53.2. The third kappa shape index (κ3) is 8.91. The van der Waals surface area contributed by atoms with Crippen molar-refractivity contribution < 1.29 is 28.5 Å². The Hall–Kier alpha value is -7.24. The second kappa shape index (κ2) is 16.9. The molecule has 0 saturated carbocycles. The molecule has 0 aliphatic carbocycles. The monoisotopic (exact) mass is 891 g/mol. The molecule has 67 heavy (non-hydrogen) atoms. The van der Waals surface area contributed by atoms with Gasteiger partial charge in [0.05, 0.1) is 47.1 Å². The summed E-state index contributed by atoms with van der Waals surface area (Å²) in [7, 11) is 0. The zero-order valence-corrected chi connectivity index (χ0v) is 39.2. The number of ether oxygens (including phenoxy) is 1. The minimum atomic E-state index is -1.97. The molecule has 5 heteroatoms. The van der Waals surface area contributed by atoms with E-state index < -0.39 is 84.0 Å². The molecular weight excluding hydrogens is 817 g/mol. The first kappa shape index (κ1) is 30.1. The molecule has 334 valence electrons. The van der Waals surface area contributed by atoms with Crippen LogP contribution < -0.4 is 9.30 Å². The van der Waals surface area contributed by atoms with Crippen LogP contribution in [0.5, 0.6) is 11.5 Å². The van der Waals surface area contributed by atoms with E-state index in [9.17, 15) is 5.48 Å². The number of rotatable bonds is 9. The van der Waals surface area contributed by atoms with E-state index in [1.165, 1.54) is 6.07 Å². The summed E-state index contributed by atoms with van der Waals surface area (Å²) < 4.78 is 138. The molecular formula is C62H60N4O. The lowest BCUT2D eigenvalue weighted by Crippen LogP contribution is -2.31. The summed E-state index contributed by atoms with van der Waals surface area (Å²) in [6.45, 7) is 17.4. The first-order chi connectivity index (χ1) is 37.8. The quantitative estimate of drug-likeness (QED) is 0.107. The Morgan fingerprint density at radius 3 is 1.94 bits per heavy atom. The highest BCUT2D eigenvalue weighted by molar-refractivity contribution is 6.09. The van der Waals surface area contributed by atoms with Gasteiger partial charge in [-0.2, -0.15) is 0 Å². The summed E-state index contributed by atoms with van der Waals surface area (Å²) in [5, 5.41) is 1.65. The molecule has 3 aromatic heterocycles. The highest BCUT2D eigenvalue weighted by atomic mass is 16.5. The van der Waals surface area contributed by atoms with E-state index in [-0.39, 0.29) is 44.7 Å². The lowest BCUT2D eigenvalue weighted by atomic mass is 9.87. The van der Waals surface area contributed by atoms with Crippen LogP contribution in [-0.2, 0) is 18.2 Å². The molecule has 10 aromatic rings. The maximum Gasteiger partial charge on any atom is 0.269 e. The number of hydrogen-bond acceptors (Lipinski definition) is 2. The second-order valence-electron chi connectivity index (χ2n) is 19.9. The van der Waals surface area contributed by atoms with Gasteiger partial charge in [0.15, 0.2) is 0 Å². The van der Waals surface area contributed by atoms with Gasteiger partial charge in [0.25, 0.3) is 6.33 Å². The van der Waals surface area contributed by atoms with E-state index in [0.29, 0.717) is 33.9 Å². The molecule has 0 saturated heterocycles. The summed E-state index contributed by atoms with van der Waals surface area (Å²) in [6.07, 6.45) is 1.56. The largest absolute Gasteiger partial charge is 0.458 e. The first-order valence-electron chi connectivity index (χ1n) is 29.4. The lowest BCUT2D eigenvalue weighted by Gasteiger charge is -2.20. The van der Waals surface area contributed by atoms with Crippen LogP contribution in [0, 0.1) is 17.2 Å². The van der Waals surface area contributed by atoms with Crippen molar-refractivity contribution in [3.05, 3.63) is 199 Å². The van der Waals surface area contributed by atoms with Crippen LogP contribution in [0.25, 0.3) is 72.3 Å². The van der Waals surface area contributed by atoms with Crippen molar-refractivity contribution in [1.29, 1.82) is 0 Å². The van der Waals surface area contributed by atoms with E-state index in [2.05, 4.69) is 33.2 Å². The van der Waals surface area contributed by atoms with Crippen molar-refractivity contribution in [2.24, 2.45) is 10.8 Å². The van der Waals surface area contributed by atoms with Crippen molar-refractivity contribution in [3.8, 4) is 50.9 Å². The van der Waals surface area contributed by atoms with Gasteiger partial charge >= 0.3 is 0 Å². The number of imidazole rings is 1. The van der Waals surface area contributed by atoms with Gasteiger partial charge in [0.2, 0.25) is 0 Å². The molecule has 0 aliphatic heterocycles. The number of nitrogens with zero attached hydrogens (tertiary/aromatic N) is 4. The maximum atomic E-state index is 9.63. The Morgan fingerprint density at radius 2 is 1.27 bits per heavy atom. The molecule has 3 heterocycles. The zero-order chi connectivity index (χ0) is 59.0. The summed E-state index contributed by atoms with van der Waals surface area (Å²) in [5.41, 5.74) is 2.74. The van der Waals surface area contributed by atoms with Crippen LogP contribution in [0.3, 0.4) is 0 Å². The van der Waals surface area contributed by atoms with Gasteiger partial charge < -0.3 is 4.74 Å². The third-order valence-corrected chi connectivity index (χ3v) is 11.4. The van der Waals surface area contributed by atoms with E-state index >= 15 is 0 Å². The molecule has 0 radical (unpaired) electrons. The molecule has 0 fully saturated rings. The maximum absolute atomic E-state index is 9.63. The van der Waals surface area contributed by atoms with Gasteiger partial charge in [-0.25, -0.2) is 4.98 Å². The normalized spacial score (nSPS) is 15.8. The van der Waals surface area contributed by atoms with E-state index in [0.717, 1.165) is 27.4 Å². The van der Waals surface area contributed by atoms with Gasteiger partial charge in [-0.15, -0.1) is 0 Å². The van der Waals surface area contributed by atoms with Crippen LogP contribution >= 0.6 is 0 Å². The van der Waals surface area contributed by atoms with Crippen molar-refractivity contribution in [1.82, 2.24) is 14.1 Å². The first-order valence-corrected chi connectivity index (χ1v) is 22.4. The number of hydrogen-bond donors (Lipinski definition) is 0. The standard InChI is InChI=1S/C62H60N4O/c1-60(2,3)39-42-27-30-54-53(35-42)52-29-28-48(38-57(52)66(54)58-36-46(31-32-63-58)62(7,8)9)67-49-34-43(40-61(4,5)6)33-47(37-49)64-41-65(56-26-17-16-25-55(56)64)59-50(44-19-12-10-13-20-44)23-18-24-51(59)45-21-14-11-15-22-45/h10-38H,39-40H2,1-9H3/i10D,11D,12D,13D,14D,15D,19D,20D,21D,22D,39D2,40D2. The van der Waals surface area contributed by atoms with Crippen LogP contribution in [0.15, 0.2) is 176 Å². The Morgan fingerprint density at radius 1 is 0.597 bits per heavy atom. The fraction of sp³-hybridized carbons (Fsp3) is 0.226. The summed E-state index contributed by atoms with van der Waals surface area (Å²) in [5.74, 6) is 1.30. The van der Waals surface area contributed by atoms with E-state index in [4.69, 9.17) is 23.4 Å². The molecule has 0 aliphatic rings. The molecule has 0 amide bonds. The fourth-order valence-corrected chi connectivity index (χ4v) is 8.62. The third-order valence-electron chi connectivity index (χ3n) is 11.4. The predicted octanol–water partition coefficient (Wildman–Crippen LogP) is 15.8. The average Bonchev–Trinajstić information content (AvgIpc) is 4.14. The van der Waals surface area contributed by atoms with Crippen molar-refractivity contribution in [3.63, 3.8) is 0 Å². The molecule has 10 rings (SSSR count). The molecule has 0 bridgehead atoms. The van der Waals surface area contributed by atoms with Crippen LogP contribution in [-0.4, -0.2) is 14.1 Å². The molecule has 0 spiro atoms. The molecule has 7 aromatic carbocycles. The van der Waals surface area contributed by atoms with Gasteiger partial charge in [-0.1, -0.05) is 171 Å². The minimum absolute atomic E-state index is 0.0829. The summed E-state index contributed by atoms with van der Waals surface area (Å²) >= 11 is 0. The smallest absolute Gasteiger partial charge is 0.269 e. The predicted molar refractivity (Wildman–Crippen MR) is 278 cm³/mol. The second-order valence-corrected chi connectivity index (χ2v) is 19.9. The Kier molecular flexibility index (Phi) is 7.59. The van der Waals surface area contributed by atoms with E-state index in [1.54, 1.807) is 90.7 Å². The van der Waals surface area contributed by atoms with Crippen molar-refractivity contribution in [2.45, 2.75) is 80.5 Å². The topological polar surface area (TPSA) is 35.9 Å². The van der Waals surface area contributed by atoms with Gasteiger partial charge in [-0.3, -0.25) is 13.7 Å². The van der Waals surface area contributed by atoms with Crippen molar-refractivity contribution >= 4 is 32.8 Å². The van der Waals surface area contributed by atoms with E-state index in [1.807, 2.05) is 67.8 Å². The molecule has 5 nitrogen and oxygen atoms in total. The molecule has 0 atom stereocenters. The van der Waals surface area contributed by atoms with Gasteiger partial charge in [0, 0.05) is 28.5 Å². The van der Waals surface area contributed by atoms with Crippen LogP contribution in [0.2, 0.25) is 0 Å². The number of aromatic nitrogens is 4. The number of para-hydroxylation sites is 3. The minimum Gasteiger partial charge on any atom is -0.458 e. The highest BCUT2D eigenvalue weighted by Gasteiger charge is 2.23. The van der Waals surface area contributed by atoms with Crippen molar-refractivity contribution in [2.75, 3.05) is 0 Å². The van der Waals surface area contributed by atoms with Gasteiger partial charge in [-0.05, 0) is 123 Å². The number of benzene rings is 7. The summed E-state index contributed by atoms with van der Waals surface area (Å²) in [6, 6.07) is 26.6. The highest BCUT2D eigenvalue weighted by Crippen LogP contribution is 2.39. The van der Waals surface area contributed by atoms with Gasteiger partial charge in [0.1, 0.15) is 17.3 Å². The average molecular weight is 891 g/mol.